The number of hydrogen-bond acceptors (Lipinski definition) is 4. The summed E-state index contributed by atoms with van der Waals surface area (Å²) in [7, 11) is 0. The van der Waals surface area contributed by atoms with E-state index in [-0.39, 0.29) is 11.9 Å². The van der Waals surface area contributed by atoms with Gasteiger partial charge in [0.1, 0.15) is 11.9 Å². The topological polar surface area (TPSA) is 71.8 Å². The van der Waals surface area contributed by atoms with Crippen LogP contribution in [0.5, 0.6) is 0 Å². The highest BCUT2D eigenvalue weighted by atomic mass is 16.2. The Morgan fingerprint density at radius 3 is 2.90 bits per heavy atom. The van der Waals surface area contributed by atoms with Crippen LogP contribution in [-0.2, 0) is 4.79 Å². The Balaban J connectivity index is 1.76. The lowest BCUT2D eigenvalue weighted by molar-refractivity contribution is -0.124. The van der Waals surface area contributed by atoms with Crippen molar-refractivity contribution in [3.63, 3.8) is 0 Å². The first kappa shape index (κ1) is 15.0. The summed E-state index contributed by atoms with van der Waals surface area (Å²) in [6, 6.07) is 5.49. The molecule has 2 N–H and O–H groups in total. The minimum absolute atomic E-state index is 0.0137. The van der Waals surface area contributed by atoms with Crippen molar-refractivity contribution in [1.82, 2.24) is 20.1 Å². The van der Waals surface area contributed by atoms with E-state index in [9.17, 15) is 4.79 Å². The largest absolute Gasteiger partial charge is 0.368 e. The lowest BCUT2D eigenvalue weighted by Crippen LogP contribution is -2.35. The molecule has 0 aromatic carbocycles. The summed E-state index contributed by atoms with van der Waals surface area (Å²) >= 11 is 0. The van der Waals surface area contributed by atoms with Gasteiger partial charge in [-0.1, -0.05) is 6.92 Å². The fraction of sp³-hybridized carbons (Fsp3) is 0.400. The second-order valence-corrected chi connectivity index (χ2v) is 4.85. The summed E-state index contributed by atoms with van der Waals surface area (Å²) in [5, 5.41) is 10.2. The van der Waals surface area contributed by atoms with Crippen LogP contribution >= 0.6 is 0 Å². The van der Waals surface area contributed by atoms with Gasteiger partial charge in [0.25, 0.3) is 0 Å². The summed E-state index contributed by atoms with van der Waals surface area (Å²) in [6.45, 7) is 5.18. The van der Waals surface area contributed by atoms with E-state index in [1.807, 2.05) is 38.2 Å². The molecule has 1 atom stereocenters. The van der Waals surface area contributed by atoms with Crippen molar-refractivity contribution in [1.29, 1.82) is 0 Å². The Morgan fingerprint density at radius 1 is 1.38 bits per heavy atom. The number of hydrogen-bond donors (Lipinski definition) is 2. The van der Waals surface area contributed by atoms with Gasteiger partial charge in [0.05, 0.1) is 0 Å². The minimum atomic E-state index is -0.253. The molecule has 1 unspecified atom stereocenters. The highest BCUT2D eigenvalue weighted by Crippen LogP contribution is 2.09. The highest BCUT2D eigenvalue weighted by molar-refractivity contribution is 5.80. The number of nitrogens with zero attached hydrogens (tertiary/aromatic N) is 3. The molecule has 0 aliphatic rings. The van der Waals surface area contributed by atoms with Crippen molar-refractivity contribution >= 4 is 11.7 Å². The second-order valence-electron chi connectivity index (χ2n) is 4.85. The predicted octanol–water partition coefficient (Wildman–Crippen LogP) is 1.77. The predicted molar refractivity (Wildman–Crippen MR) is 82.0 cm³/mol. The maximum atomic E-state index is 12.1. The fourth-order valence-corrected chi connectivity index (χ4v) is 2.08. The Morgan fingerprint density at radius 2 is 2.24 bits per heavy atom. The number of aryl methyl sites for hydroxylation is 1. The molecule has 112 valence electrons. The highest BCUT2D eigenvalue weighted by Gasteiger charge is 2.17. The Kier molecular flexibility index (Phi) is 5.31. The number of aromatic nitrogens is 3. The summed E-state index contributed by atoms with van der Waals surface area (Å²) in [5.74, 6) is 0.809. The molecule has 6 heteroatoms. The molecule has 0 saturated carbocycles. The zero-order valence-electron chi connectivity index (χ0n) is 12.4. The van der Waals surface area contributed by atoms with E-state index in [0.717, 1.165) is 11.4 Å². The average Bonchev–Trinajstić information content (AvgIpc) is 2.98. The smallest absolute Gasteiger partial charge is 0.244 e. The molecule has 0 fully saturated rings. The molecular weight excluding hydrogens is 266 g/mol. The number of carbonyl (C=O) groups is 1. The maximum absolute atomic E-state index is 12.1. The second kappa shape index (κ2) is 7.42. The SMILES string of the molecule is CCC(C(=O)NCCNc1cc(C)ccn1)n1cccn1. The molecule has 2 heterocycles. The minimum Gasteiger partial charge on any atom is -0.368 e. The first-order chi connectivity index (χ1) is 10.2. The van der Waals surface area contributed by atoms with Crippen LogP contribution in [0.3, 0.4) is 0 Å². The van der Waals surface area contributed by atoms with Gasteiger partial charge in [-0.15, -0.1) is 0 Å². The molecule has 2 aromatic heterocycles. The number of carbonyl (C=O) groups excluding carboxylic acids is 1. The van der Waals surface area contributed by atoms with E-state index >= 15 is 0 Å². The van der Waals surface area contributed by atoms with Crippen LogP contribution < -0.4 is 10.6 Å². The van der Waals surface area contributed by atoms with Gasteiger partial charge in [-0.05, 0) is 37.1 Å². The number of anilines is 1. The van der Waals surface area contributed by atoms with Gasteiger partial charge in [0.2, 0.25) is 5.91 Å². The molecule has 0 bridgehead atoms. The molecule has 1 amide bonds. The maximum Gasteiger partial charge on any atom is 0.244 e. The Hall–Kier alpha value is -2.37. The molecule has 0 radical (unpaired) electrons. The molecule has 0 spiro atoms. The third-order valence-corrected chi connectivity index (χ3v) is 3.18. The lowest BCUT2D eigenvalue weighted by atomic mass is 10.2. The van der Waals surface area contributed by atoms with Gasteiger partial charge in [0, 0.05) is 31.7 Å². The average molecular weight is 287 g/mol. The van der Waals surface area contributed by atoms with Crippen molar-refractivity contribution in [3.05, 3.63) is 42.4 Å². The summed E-state index contributed by atoms with van der Waals surface area (Å²) < 4.78 is 1.69. The molecule has 2 aromatic rings. The van der Waals surface area contributed by atoms with E-state index in [4.69, 9.17) is 0 Å². The van der Waals surface area contributed by atoms with Crippen molar-refractivity contribution in [3.8, 4) is 0 Å². The molecule has 0 aliphatic heterocycles. The van der Waals surface area contributed by atoms with E-state index in [1.54, 1.807) is 17.1 Å². The van der Waals surface area contributed by atoms with Crippen molar-refractivity contribution in [2.24, 2.45) is 0 Å². The van der Waals surface area contributed by atoms with Crippen LogP contribution in [0.2, 0.25) is 0 Å². The number of rotatable bonds is 7. The van der Waals surface area contributed by atoms with Gasteiger partial charge in [-0.3, -0.25) is 9.48 Å². The first-order valence-electron chi connectivity index (χ1n) is 7.14. The molecular formula is C15H21N5O. The van der Waals surface area contributed by atoms with Crippen LogP contribution in [0, 0.1) is 6.92 Å². The normalized spacial score (nSPS) is 11.9. The van der Waals surface area contributed by atoms with E-state index in [1.165, 1.54) is 0 Å². The summed E-state index contributed by atoms with van der Waals surface area (Å²) in [6.07, 6.45) is 5.96. The third kappa shape index (κ3) is 4.30. The van der Waals surface area contributed by atoms with Crippen LogP contribution in [-0.4, -0.2) is 33.8 Å². The van der Waals surface area contributed by atoms with Crippen molar-refractivity contribution in [2.45, 2.75) is 26.3 Å². The van der Waals surface area contributed by atoms with Gasteiger partial charge >= 0.3 is 0 Å². The third-order valence-electron chi connectivity index (χ3n) is 3.18. The molecule has 0 aliphatic carbocycles. The lowest BCUT2D eigenvalue weighted by Gasteiger charge is -2.15. The molecule has 21 heavy (non-hydrogen) atoms. The number of nitrogens with one attached hydrogen (secondary N) is 2. The summed E-state index contributed by atoms with van der Waals surface area (Å²) in [5.41, 5.74) is 1.15. The number of pyridine rings is 1. The van der Waals surface area contributed by atoms with Crippen LogP contribution in [0.1, 0.15) is 24.9 Å². The molecule has 6 nitrogen and oxygen atoms in total. The van der Waals surface area contributed by atoms with E-state index < -0.39 is 0 Å². The monoisotopic (exact) mass is 287 g/mol. The van der Waals surface area contributed by atoms with Crippen LogP contribution in [0.4, 0.5) is 5.82 Å². The number of amides is 1. The molecule has 0 saturated heterocycles. The van der Waals surface area contributed by atoms with Gasteiger partial charge in [-0.2, -0.15) is 5.10 Å². The zero-order valence-corrected chi connectivity index (χ0v) is 12.4. The Bertz CT molecular complexity index is 567. The van der Waals surface area contributed by atoms with E-state index in [2.05, 4.69) is 20.7 Å². The zero-order chi connectivity index (χ0) is 15.1. The van der Waals surface area contributed by atoms with Gasteiger partial charge < -0.3 is 10.6 Å². The summed E-state index contributed by atoms with van der Waals surface area (Å²) in [4.78, 5) is 16.3. The first-order valence-corrected chi connectivity index (χ1v) is 7.14. The van der Waals surface area contributed by atoms with Gasteiger partial charge in [-0.25, -0.2) is 4.98 Å². The quantitative estimate of drug-likeness (QED) is 0.761. The van der Waals surface area contributed by atoms with Crippen LogP contribution in [0.25, 0.3) is 0 Å². The van der Waals surface area contributed by atoms with Crippen LogP contribution in [0.15, 0.2) is 36.8 Å². The van der Waals surface area contributed by atoms with Gasteiger partial charge in [0.15, 0.2) is 0 Å². The Labute approximate surface area is 124 Å². The van der Waals surface area contributed by atoms with Crippen molar-refractivity contribution < 1.29 is 4.79 Å². The fourth-order valence-electron chi connectivity index (χ4n) is 2.08. The van der Waals surface area contributed by atoms with E-state index in [0.29, 0.717) is 19.5 Å². The van der Waals surface area contributed by atoms with Crippen molar-refractivity contribution in [2.75, 3.05) is 18.4 Å². The standard InChI is InChI=1S/C15H21N5O/c1-3-13(20-10-4-6-19-20)15(21)18-9-8-17-14-11-12(2)5-7-16-14/h4-7,10-11,13H,3,8-9H2,1-2H3,(H,16,17)(H,18,21). The molecule has 2 rings (SSSR count).